The Bertz CT molecular complexity index is 1010. The Balaban J connectivity index is 0.00000182. The first kappa shape index (κ1) is 23.1. The zero-order valence-electron chi connectivity index (χ0n) is 14.7. The van der Waals surface area contributed by atoms with Gasteiger partial charge in [0.15, 0.2) is 0 Å². The quantitative estimate of drug-likeness (QED) is 0.666. The van der Waals surface area contributed by atoms with Crippen molar-refractivity contribution in [1.82, 2.24) is 14.3 Å². The van der Waals surface area contributed by atoms with Gasteiger partial charge in [0, 0.05) is 30.7 Å². The molecular weight excluding hydrogens is 412 g/mol. The molecule has 1 aromatic carbocycles. The number of halogens is 3. The summed E-state index contributed by atoms with van der Waals surface area (Å²) in [6.07, 6.45) is 4.41. The van der Waals surface area contributed by atoms with E-state index < -0.39 is 10.0 Å². The first-order valence-electron chi connectivity index (χ1n) is 7.71. The van der Waals surface area contributed by atoms with Crippen molar-refractivity contribution in [1.29, 1.82) is 0 Å². The van der Waals surface area contributed by atoms with E-state index in [0.717, 1.165) is 5.56 Å². The second-order valence-corrected chi connectivity index (χ2v) is 7.53. The van der Waals surface area contributed by atoms with Gasteiger partial charge in [-0.1, -0.05) is 0 Å². The van der Waals surface area contributed by atoms with Crippen LogP contribution >= 0.6 is 24.8 Å². The Hall–Kier alpha value is -1.93. The van der Waals surface area contributed by atoms with Crippen molar-refractivity contribution in [2.45, 2.75) is 18.4 Å². The zero-order chi connectivity index (χ0) is 18.0. The molecule has 0 bridgehead atoms. The van der Waals surface area contributed by atoms with Crippen LogP contribution in [0, 0.1) is 12.7 Å². The fraction of sp³-hybridized carbons (Fsp3) is 0.167. The molecule has 2 aromatic heterocycles. The summed E-state index contributed by atoms with van der Waals surface area (Å²) in [6, 6.07) is 9.19. The molecule has 1 N–H and O–H groups in total. The van der Waals surface area contributed by atoms with E-state index >= 15 is 0 Å². The van der Waals surface area contributed by atoms with Crippen LogP contribution in [0.3, 0.4) is 0 Å². The minimum atomic E-state index is -3.81. The third kappa shape index (κ3) is 4.68. The lowest BCUT2D eigenvalue weighted by Gasteiger charge is -2.12. The van der Waals surface area contributed by atoms with Crippen molar-refractivity contribution in [2.24, 2.45) is 0 Å². The Labute approximate surface area is 170 Å². The first-order valence-corrected chi connectivity index (χ1v) is 9.15. The maximum absolute atomic E-state index is 13.4. The molecule has 0 fully saturated rings. The van der Waals surface area contributed by atoms with Gasteiger partial charge in [-0.15, -0.1) is 24.8 Å². The third-order valence-electron chi connectivity index (χ3n) is 3.88. The van der Waals surface area contributed by atoms with Crippen LogP contribution in [0.15, 0.2) is 59.9 Å². The van der Waals surface area contributed by atoms with Gasteiger partial charge in [0.1, 0.15) is 10.7 Å². The molecule has 0 aliphatic carbocycles. The topological polar surface area (TPSA) is 64.0 Å². The van der Waals surface area contributed by atoms with Gasteiger partial charge < -0.3 is 5.32 Å². The predicted octanol–water partition coefficient (Wildman–Crippen LogP) is 3.80. The van der Waals surface area contributed by atoms with Gasteiger partial charge >= 0.3 is 0 Å². The highest BCUT2D eigenvalue weighted by molar-refractivity contribution is 7.90. The van der Waals surface area contributed by atoms with E-state index in [4.69, 9.17) is 0 Å². The normalized spacial score (nSPS) is 10.8. The van der Waals surface area contributed by atoms with Crippen molar-refractivity contribution < 1.29 is 12.8 Å². The molecule has 0 aliphatic rings. The lowest BCUT2D eigenvalue weighted by Crippen LogP contribution is -2.14. The van der Waals surface area contributed by atoms with Gasteiger partial charge in [0.05, 0.1) is 5.69 Å². The van der Waals surface area contributed by atoms with Crippen molar-refractivity contribution in [2.75, 3.05) is 7.05 Å². The number of rotatable bonds is 5. The number of nitrogens with zero attached hydrogens (tertiary/aromatic N) is 2. The van der Waals surface area contributed by atoms with E-state index in [1.807, 2.05) is 0 Å². The van der Waals surface area contributed by atoms with Gasteiger partial charge in [-0.2, -0.15) is 0 Å². The Morgan fingerprint density at radius 1 is 1.19 bits per heavy atom. The summed E-state index contributed by atoms with van der Waals surface area (Å²) in [5.74, 6) is -0.357. The molecule has 2 heterocycles. The number of aromatic nitrogens is 2. The second kappa shape index (κ2) is 9.32. The molecule has 0 spiro atoms. The number of benzene rings is 1. The highest BCUT2D eigenvalue weighted by Crippen LogP contribution is 2.29. The molecule has 3 aromatic rings. The maximum Gasteiger partial charge on any atom is 0.269 e. The fourth-order valence-electron chi connectivity index (χ4n) is 2.72. The van der Waals surface area contributed by atoms with E-state index in [1.165, 1.54) is 34.6 Å². The Morgan fingerprint density at radius 2 is 1.93 bits per heavy atom. The summed E-state index contributed by atoms with van der Waals surface area (Å²) in [5.41, 5.74) is 2.63. The molecule has 5 nitrogen and oxygen atoms in total. The molecule has 0 aliphatic heterocycles. The van der Waals surface area contributed by atoms with Crippen LogP contribution < -0.4 is 5.32 Å². The lowest BCUT2D eigenvalue weighted by molar-refractivity contribution is 0.587. The van der Waals surface area contributed by atoms with Crippen molar-refractivity contribution in [3.05, 3.63) is 71.9 Å². The summed E-state index contributed by atoms with van der Waals surface area (Å²) in [5, 5.41) is 3.01. The monoisotopic (exact) mass is 431 g/mol. The average Bonchev–Trinajstić information content (AvgIpc) is 3.00. The zero-order valence-corrected chi connectivity index (χ0v) is 17.2. The Morgan fingerprint density at radius 3 is 2.52 bits per heavy atom. The van der Waals surface area contributed by atoms with E-state index in [9.17, 15) is 12.8 Å². The third-order valence-corrected chi connectivity index (χ3v) is 5.54. The van der Waals surface area contributed by atoms with E-state index in [2.05, 4.69) is 10.3 Å². The summed E-state index contributed by atoms with van der Waals surface area (Å²) >= 11 is 0. The summed E-state index contributed by atoms with van der Waals surface area (Å²) in [7, 11) is -2.02. The van der Waals surface area contributed by atoms with E-state index in [-0.39, 0.29) is 35.5 Å². The van der Waals surface area contributed by atoms with Crippen LogP contribution in [0.2, 0.25) is 0 Å². The average molecular weight is 432 g/mol. The number of aryl methyl sites for hydroxylation is 1. The molecule has 0 saturated heterocycles. The summed E-state index contributed by atoms with van der Waals surface area (Å²) in [4.78, 5) is 4.00. The SMILES string of the molecule is CNCc1cc(-c2ccc(F)cc2C)n(S(=O)(=O)c2cccnc2)c1.Cl.Cl. The summed E-state index contributed by atoms with van der Waals surface area (Å²) < 4.78 is 40.8. The van der Waals surface area contributed by atoms with Crippen LogP contribution in [0.25, 0.3) is 11.3 Å². The number of hydrogen-bond acceptors (Lipinski definition) is 4. The molecule has 0 saturated carbocycles. The van der Waals surface area contributed by atoms with Crippen LogP contribution in [0.4, 0.5) is 4.39 Å². The molecule has 3 rings (SSSR count). The molecule has 0 amide bonds. The second-order valence-electron chi connectivity index (χ2n) is 5.71. The number of hydrogen-bond donors (Lipinski definition) is 1. The Kier molecular flexibility index (Phi) is 7.98. The van der Waals surface area contributed by atoms with Crippen LogP contribution in [-0.2, 0) is 16.6 Å². The van der Waals surface area contributed by atoms with E-state index in [0.29, 0.717) is 23.4 Å². The van der Waals surface area contributed by atoms with Gasteiger partial charge in [-0.05, 0) is 61.5 Å². The largest absolute Gasteiger partial charge is 0.316 e. The van der Waals surface area contributed by atoms with Crippen LogP contribution in [-0.4, -0.2) is 24.4 Å². The van der Waals surface area contributed by atoms with Crippen molar-refractivity contribution in [3.63, 3.8) is 0 Å². The van der Waals surface area contributed by atoms with Crippen molar-refractivity contribution in [3.8, 4) is 11.3 Å². The standard InChI is InChI=1S/C18H18FN3O2S.2ClH/c1-13-8-15(19)5-6-17(13)18-9-14(10-20-2)12-22(18)25(23,24)16-4-3-7-21-11-16;;/h3-9,11-12,20H,10H2,1-2H3;2*1H. The van der Waals surface area contributed by atoms with Gasteiger partial charge in [0.25, 0.3) is 10.0 Å². The molecule has 27 heavy (non-hydrogen) atoms. The van der Waals surface area contributed by atoms with Gasteiger partial charge in [-0.25, -0.2) is 16.8 Å². The summed E-state index contributed by atoms with van der Waals surface area (Å²) in [6.45, 7) is 2.27. The van der Waals surface area contributed by atoms with Gasteiger partial charge in [-0.3, -0.25) is 4.98 Å². The molecule has 9 heteroatoms. The number of nitrogens with one attached hydrogen (secondary N) is 1. The predicted molar refractivity (Wildman–Crippen MR) is 109 cm³/mol. The minimum Gasteiger partial charge on any atom is -0.316 e. The van der Waals surface area contributed by atoms with Crippen LogP contribution in [0.5, 0.6) is 0 Å². The first-order chi connectivity index (χ1) is 11.9. The molecule has 0 radical (unpaired) electrons. The molecule has 0 atom stereocenters. The fourth-order valence-corrected chi connectivity index (χ4v) is 4.08. The lowest BCUT2D eigenvalue weighted by atomic mass is 10.1. The van der Waals surface area contributed by atoms with Gasteiger partial charge in [0.2, 0.25) is 0 Å². The highest BCUT2D eigenvalue weighted by atomic mass is 35.5. The maximum atomic E-state index is 13.4. The number of pyridine rings is 1. The minimum absolute atomic E-state index is 0. The smallest absolute Gasteiger partial charge is 0.269 e. The molecular formula is C18H20Cl2FN3O2S. The highest BCUT2D eigenvalue weighted by Gasteiger charge is 2.22. The van der Waals surface area contributed by atoms with Crippen molar-refractivity contribution >= 4 is 34.8 Å². The molecule has 146 valence electrons. The van der Waals surface area contributed by atoms with E-state index in [1.54, 1.807) is 38.4 Å². The van der Waals surface area contributed by atoms with Crippen LogP contribution in [0.1, 0.15) is 11.1 Å². The molecule has 0 unspecified atom stereocenters.